The Morgan fingerprint density at radius 3 is 2.19 bits per heavy atom. The summed E-state index contributed by atoms with van der Waals surface area (Å²) in [5.74, 6) is 3.31. The van der Waals surface area contributed by atoms with Gasteiger partial charge in [-0.2, -0.15) is 0 Å². The third kappa shape index (κ3) is 6.41. The van der Waals surface area contributed by atoms with Crippen molar-refractivity contribution in [2.75, 3.05) is 21.3 Å². The normalized spacial score (nSPS) is 13.9. The first-order valence-electron chi connectivity index (χ1n) is 13.1. The highest BCUT2D eigenvalue weighted by Gasteiger charge is 2.28. The van der Waals surface area contributed by atoms with Gasteiger partial charge in [0.05, 0.1) is 21.3 Å². The monoisotopic (exact) mass is 504 g/mol. The molecular weight excluding hydrogens is 460 g/mol. The predicted octanol–water partition coefficient (Wildman–Crippen LogP) is 8.04. The molecule has 0 unspecified atom stereocenters. The smallest absolute Gasteiger partial charge is 0.169 e. The molecule has 1 heterocycles. The topological polar surface area (TPSA) is 36.9 Å². The minimum Gasteiger partial charge on any atom is -0.496 e. The second-order valence-corrected chi connectivity index (χ2v) is 11.1. The third-order valence-electron chi connectivity index (χ3n) is 7.14. The molecule has 1 aliphatic heterocycles. The first kappa shape index (κ1) is 28.4. The van der Waals surface area contributed by atoms with E-state index in [1.54, 1.807) is 21.3 Å². The molecule has 4 heteroatoms. The second-order valence-electron chi connectivity index (χ2n) is 11.1. The van der Waals surface area contributed by atoms with Gasteiger partial charge >= 0.3 is 0 Å². The molecule has 0 aromatic heterocycles. The van der Waals surface area contributed by atoms with E-state index in [0.29, 0.717) is 0 Å². The first-order valence-corrected chi connectivity index (χ1v) is 13.1. The molecule has 0 saturated heterocycles. The fourth-order valence-electron chi connectivity index (χ4n) is 4.78. The number of aryl methyl sites for hydroxylation is 2. The molecule has 0 amide bonds. The number of rotatable bonds is 11. The number of hydrogen-bond donors (Lipinski definition) is 0. The van der Waals surface area contributed by atoms with Gasteiger partial charge in [0.25, 0.3) is 0 Å². The van der Waals surface area contributed by atoms with E-state index in [9.17, 15) is 0 Å². The summed E-state index contributed by atoms with van der Waals surface area (Å²) in [6.45, 7) is 16.8. The predicted molar refractivity (Wildman–Crippen MR) is 155 cm³/mol. The van der Waals surface area contributed by atoms with Gasteiger partial charge in [-0.25, -0.2) is 0 Å². The van der Waals surface area contributed by atoms with E-state index in [1.807, 2.05) is 12.1 Å². The number of allylic oxidation sites excluding steroid dienone is 3. The SMILES string of the molecule is C=CC(C)(C)c1cc(CCCc2cc(OC)c3c(c2CC=C(C)C)C=CC(C)(C)O3)c(OC)cc1OC. The van der Waals surface area contributed by atoms with Gasteiger partial charge in [-0.15, -0.1) is 6.58 Å². The lowest BCUT2D eigenvalue weighted by atomic mass is 9.82. The average molecular weight is 505 g/mol. The summed E-state index contributed by atoms with van der Waals surface area (Å²) in [4.78, 5) is 0. The number of hydrogen-bond acceptors (Lipinski definition) is 4. The highest BCUT2D eigenvalue weighted by atomic mass is 16.5. The molecular formula is C33H44O4. The zero-order valence-corrected chi connectivity index (χ0v) is 24.2. The van der Waals surface area contributed by atoms with Crippen LogP contribution in [-0.2, 0) is 24.7 Å². The van der Waals surface area contributed by atoms with Gasteiger partial charge in [0.2, 0.25) is 0 Å². The Balaban J connectivity index is 1.97. The fourth-order valence-corrected chi connectivity index (χ4v) is 4.78. The van der Waals surface area contributed by atoms with Crippen molar-refractivity contribution >= 4 is 6.08 Å². The van der Waals surface area contributed by atoms with E-state index in [4.69, 9.17) is 18.9 Å². The average Bonchev–Trinajstić information content (AvgIpc) is 2.86. The summed E-state index contributed by atoms with van der Waals surface area (Å²) in [5, 5.41) is 0. The lowest BCUT2D eigenvalue weighted by Crippen LogP contribution is -2.28. The minimum absolute atomic E-state index is 0.212. The van der Waals surface area contributed by atoms with Crippen molar-refractivity contribution in [3.63, 3.8) is 0 Å². The molecule has 4 nitrogen and oxygen atoms in total. The zero-order chi connectivity index (χ0) is 27.4. The van der Waals surface area contributed by atoms with Gasteiger partial charge in [0, 0.05) is 22.6 Å². The van der Waals surface area contributed by atoms with Crippen molar-refractivity contribution in [3.8, 4) is 23.0 Å². The summed E-state index contributed by atoms with van der Waals surface area (Å²) < 4.78 is 23.6. The van der Waals surface area contributed by atoms with Crippen LogP contribution in [0.3, 0.4) is 0 Å². The van der Waals surface area contributed by atoms with Gasteiger partial charge in [-0.05, 0) is 88.3 Å². The van der Waals surface area contributed by atoms with Crippen molar-refractivity contribution in [3.05, 3.63) is 76.4 Å². The largest absolute Gasteiger partial charge is 0.496 e. The Labute approximate surface area is 224 Å². The van der Waals surface area contributed by atoms with Gasteiger partial charge in [-0.1, -0.05) is 37.6 Å². The van der Waals surface area contributed by atoms with Crippen LogP contribution in [0.1, 0.15) is 75.8 Å². The van der Waals surface area contributed by atoms with Crippen LogP contribution in [0.25, 0.3) is 6.08 Å². The molecule has 0 bridgehead atoms. The minimum atomic E-state index is -0.364. The van der Waals surface area contributed by atoms with E-state index in [0.717, 1.165) is 59.8 Å². The van der Waals surface area contributed by atoms with Gasteiger partial charge in [0.1, 0.15) is 17.1 Å². The van der Waals surface area contributed by atoms with Crippen LogP contribution >= 0.6 is 0 Å². The molecule has 0 saturated carbocycles. The Kier molecular flexibility index (Phi) is 8.84. The molecule has 37 heavy (non-hydrogen) atoms. The molecule has 0 atom stereocenters. The number of fused-ring (bicyclic) bond motifs is 1. The van der Waals surface area contributed by atoms with Crippen molar-refractivity contribution in [2.24, 2.45) is 0 Å². The number of ether oxygens (including phenoxy) is 4. The van der Waals surface area contributed by atoms with E-state index in [1.165, 1.54) is 22.3 Å². The molecule has 200 valence electrons. The van der Waals surface area contributed by atoms with Crippen molar-refractivity contribution in [1.29, 1.82) is 0 Å². The first-order chi connectivity index (χ1) is 17.5. The standard InChI is InChI=1S/C33H44O4/c1-11-32(4,5)27-19-24(28(34-8)21-29(27)35-9)14-12-13-23-20-30(36-10)31-26(17-18-33(6,7)37-31)25(23)16-15-22(2)3/h11,15,17-21H,1,12-14,16H2,2-10H3. The molecule has 0 fully saturated rings. The van der Waals surface area contributed by atoms with E-state index in [2.05, 4.69) is 78.5 Å². The molecule has 2 aromatic rings. The number of benzene rings is 2. The van der Waals surface area contributed by atoms with E-state index in [-0.39, 0.29) is 11.0 Å². The van der Waals surface area contributed by atoms with Gasteiger partial charge in [-0.3, -0.25) is 0 Å². The highest BCUT2D eigenvalue weighted by molar-refractivity contribution is 5.71. The Morgan fingerprint density at radius 1 is 0.946 bits per heavy atom. The second kappa shape index (κ2) is 11.5. The van der Waals surface area contributed by atoms with Crippen LogP contribution in [0.15, 0.2) is 48.6 Å². The van der Waals surface area contributed by atoms with Crippen molar-refractivity contribution in [1.82, 2.24) is 0 Å². The highest BCUT2D eigenvalue weighted by Crippen LogP contribution is 2.43. The van der Waals surface area contributed by atoms with Crippen LogP contribution in [0.5, 0.6) is 23.0 Å². The van der Waals surface area contributed by atoms with E-state index < -0.39 is 0 Å². The van der Waals surface area contributed by atoms with Crippen LogP contribution in [-0.4, -0.2) is 26.9 Å². The maximum atomic E-state index is 6.36. The summed E-state index contributed by atoms with van der Waals surface area (Å²) in [6, 6.07) is 6.39. The lowest BCUT2D eigenvalue weighted by molar-refractivity contribution is 0.152. The fraction of sp³-hybridized carbons (Fsp3) is 0.455. The maximum absolute atomic E-state index is 6.36. The summed E-state index contributed by atoms with van der Waals surface area (Å²) in [6.07, 6.45) is 12.2. The Hall–Kier alpha value is -3.14. The molecule has 0 spiro atoms. The summed E-state index contributed by atoms with van der Waals surface area (Å²) in [7, 11) is 5.14. The summed E-state index contributed by atoms with van der Waals surface area (Å²) in [5.41, 5.74) is 6.74. The van der Waals surface area contributed by atoms with Crippen molar-refractivity contribution in [2.45, 2.75) is 78.2 Å². The Morgan fingerprint density at radius 2 is 1.59 bits per heavy atom. The lowest BCUT2D eigenvalue weighted by Gasteiger charge is -2.31. The molecule has 0 radical (unpaired) electrons. The third-order valence-corrected chi connectivity index (χ3v) is 7.14. The molecule has 0 N–H and O–H groups in total. The molecule has 2 aromatic carbocycles. The van der Waals surface area contributed by atoms with Gasteiger partial charge < -0.3 is 18.9 Å². The van der Waals surface area contributed by atoms with Crippen molar-refractivity contribution < 1.29 is 18.9 Å². The van der Waals surface area contributed by atoms with Crippen LogP contribution < -0.4 is 18.9 Å². The van der Waals surface area contributed by atoms with Gasteiger partial charge in [0.15, 0.2) is 11.5 Å². The van der Waals surface area contributed by atoms with Crippen LogP contribution in [0, 0.1) is 0 Å². The summed E-state index contributed by atoms with van der Waals surface area (Å²) >= 11 is 0. The Bertz CT molecular complexity index is 1190. The van der Waals surface area contributed by atoms with Crippen LogP contribution in [0.2, 0.25) is 0 Å². The zero-order valence-electron chi connectivity index (χ0n) is 24.2. The molecule has 0 aliphatic carbocycles. The maximum Gasteiger partial charge on any atom is 0.169 e. The van der Waals surface area contributed by atoms with Crippen LogP contribution in [0.4, 0.5) is 0 Å². The number of methoxy groups -OCH3 is 3. The molecule has 3 rings (SSSR count). The quantitative estimate of drug-likeness (QED) is 0.290. The van der Waals surface area contributed by atoms with E-state index >= 15 is 0 Å². The molecule has 1 aliphatic rings.